The van der Waals surface area contributed by atoms with Crippen molar-refractivity contribution in [1.29, 1.82) is 0 Å². The van der Waals surface area contributed by atoms with Gasteiger partial charge in [0.1, 0.15) is 10.7 Å². The van der Waals surface area contributed by atoms with Gasteiger partial charge in [-0.25, -0.2) is 4.39 Å². The van der Waals surface area contributed by atoms with Crippen molar-refractivity contribution in [2.45, 2.75) is 25.0 Å². The quantitative estimate of drug-likeness (QED) is 0.432. The third-order valence-electron chi connectivity index (χ3n) is 5.31. The Morgan fingerprint density at radius 1 is 1.29 bits per heavy atom. The Morgan fingerprint density at radius 2 is 2.12 bits per heavy atom. The van der Waals surface area contributed by atoms with E-state index in [0.717, 1.165) is 23.8 Å². The molecule has 0 spiro atoms. The Balaban J connectivity index is 1.76. The topological polar surface area (TPSA) is 141 Å². The third-order valence-corrected chi connectivity index (χ3v) is 7.08. The highest BCUT2D eigenvalue weighted by Crippen LogP contribution is 2.35. The van der Waals surface area contributed by atoms with E-state index in [9.17, 15) is 18.8 Å². The van der Waals surface area contributed by atoms with Crippen molar-refractivity contribution in [1.82, 2.24) is 9.69 Å². The van der Waals surface area contributed by atoms with E-state index >= 15 is 0 Å². The number of halogens is 1. The molecule has 3 heterocycles. The van der Waals surface area contributed by atoms with Crippen LogP contribution in [0.15, 0.2) is 41.8 Å². The third kappa shape index (κ3) is 4.93. The number of anilines is 2. The summed E-state index contributed by atoms with van der Waals surface area (Å²) in [5.74, 6) is -2.64. The average Bonchev–Trinajstić information content (AvgIpc) is 3.57. The van der Waals surface area contributed by atoms with Crippen LogP contribution in [0, 0.1) is 5.82 Å². The largest absolute Gasteiger partial charge is 0.395 e. The number of rotatable bonds is 8. The van der Waals surface area contributed by atoms with Gasteiger partial charge in [0.2, 0.25) is 5.91 Å². The Labute approximate surface area is 202 Å². The molecule has 5 N–H and O–H groups in total. The van der Waals surface area contributed by atoms with Crippen molar-refractivity contribution in [3.63, 3.8) is 0 Å². The van der Waals surface area contributed by atoms with E-state index in [1.807, 2.05) is 0 Å². The highest BCUT2D eigenvalue weighted by Gasteiger charge is 2.37. The number of ether oxygens (including phenoxy) is 1. The fourth-order valence-corrected chi connectivity index (χ4v) is 5.24. The molecule has 9 nitrogen and oxygen atoms in total. The smallest absolute Gasteiger partial charge is 0.273 e. The summed E-state index contributed by atoms with van der Waals surface area (Å²) >= 11 is 1.97. The monoisotopic (exact) mass is 503 g/mol. The number of amides is 3. The first kappa shape index (κ1) is 23.8. The molecule has 0 unspecified atom stereocenters. The summed E-state index contributed by atoms with van der Waals surface area (Å²) in [5, 5.41) is 4.63. The second-order valence-corrected chi connectivity index (χ2v) is 9.34. The Hall–Kier alpha value is -3.35. The van der Waals surface area contributed by atoms with E-state index in [1.165, 1.54) is 29.5 Å². The van der Waals surface area contributed by atoms with Crippen molar-refractivity contribution in [3.05, 3.63) is 63.0 Å². The number of nitrogens with one attached hydrogen (secondary N) is 1. The first-order chi connectivity index (χ1) is 16.4. The van der Waals surface area contributed by atoms with Gasteiger partial charge in [-0.2, -0.15) is 4.37 Å². The minimum absolute atomic E-state index is 0.0773. The van der Waals surface area contributed by atoms with E-state index in [1.54, 1.807) is 17.5 Å². The van der Waals surface area contributed by atoms with Crippen LogP contribution >= 0.6 is 22.9 Å². The number of thiophene rings is 1. The lowest BCUT2D eigenvalue weighted by Crippen LogP contribution is -2.45. The second kappa shape index (κ2) is 10.3. The van der Waals surface area contributed by atoms with E-state index in [4.69, 9.17) is 16.2 Å². The number of hydrogen-bond donors (Lipinski definition) is 3. The van der Waals surface area contributed by atoms with Gasteiger partial charge >= 0.3 is 0 Å². The fourth-order valence-electron chi connectivity index (χ4n) is 3.69. The van der Waals surface area contributed by atoms with Crippen LogP contribution in [0.4, 0.5) is 15.8 Å². The summed E-state index contributed by atoms with van der Waals surface area (Å²) in [5.41, 5.74) is 11.0. The number of carbonyl (C=O) groups excluding carboxylic acids is 3. The molecular formula is C22H22FN5O4S2. The second-order valence-electron chi connectivity index (χ2n) is 7.59. The zero-order valence-corrected chi connectivity index (χ0v) is 19.5. The predicted octanol–water partition coefficient (Wildman–Crippen LogP) is 2.71. The lowest BCUT2D eigenvalue weighted by atomic mass is 10.1. The molecule has 178 valence electrons. The molecule has 1 aliphatic heterocycles. The van der Waals surface area contributed by atoms with Gasteiger partial charge in [0.05, 0.1) is 11.8 Å². The molecular weight excluding hydrogens is 481 g/mol. The van der Waals surface area contributed by atoms with Gasteiger partial charge in [0, 0.05) is 23.7 Å². The van der Waals surface area contributed by atoms with Gasteiger partial charge in [-0.1, -0.05) is 12.1 Å². The average molecular weight is 504 g/mol. The molecule has 0 radical (unpaired) electrons. The highest BCUT2D eigenvalue weighted by atomic mass is 32.1. The predicted molar refractivity (Wildman–Crippen MR) is 127 cm³/mol. The molecule has 34 heavy (non-hydrogen) atoms. The molecule has 4 rings (SSSR count). The van der Waals surface area contributed by atoms with Gasteiger partial charge in [-0.15, -0.1) is 11.3 Å². The van der Waals surface area contributed by atoms with E-state index in [0.29, 0.717) is 23.0 Å². The molecule has 3 aromatic rings. The molecule has 1 aromatic carbocycles. The lowest BCUT2D eigenvalue weighted by Gasteiger charge is -2.30. The SMILES string of the molecule is NC(=O)c1nsc(C(=O)N(c2cccc(F)c2)[C@H](C(=O)NC[C@H]2CCCO2)c2cccs2)c1N. The van der Waals surface area contributed by atoms with Crippen molar-refractivity contribution in [2.24, 2.45) is 5.73 Å². The Bertz CT molecular complexity index is 1190. The molecule has 12 heteroatoms. The fraction of sp³-hybridized carbons (Fsp3) is 0.273. The maximum absolute atomic E-state index is 14.2. The summed E-state index contributed by atoms with van der Waals surface area (Å²) in [6.07, 6.45) is 1.63. The van der Waals surface area contributed by atoms with Crippen molar-refractivity contribution in [3.8, 4) is 0 Å². The number of nitrogens with two attached hydrogens (primary N) is 2. The number of primary amides is 1. The molecule has 3 amide bonds. The van der Waals surface area contributed by atoms with Gasteiger partial charge in [-0.05, 0) is 54.0 Å². The molecule has 0 aliphatic carbocycles. The maximum atomic E-state index is 14.2. The molecule has 1 aliphatic rings. The zero-order chi connectivity index (χ0) is 24.2. The first-order valence-corrected chi connectivity index (χ1v) is 12.1. The summed E-state index contributed by atoms with van der Waals surface area (Å²) in [6, 6.07) is 7.67. The standard InChI is InChI=1S/C22H22FN5O4S2/c23-12-4-1-5-13(10-12)28(22(31)19-16(24)17(20(25)29)27-34-19)18(15-7-3-9-33-15)21(30)26-11-14-6-2-8-32-14/h1,3-5,7,9-10,14,18H,2,6,8,11,24H2,(H2,25,29)(H,26,30)/t14-,18+/m1/s1. The van der Waals surface area contributed by atoms with Crippen LogP contribution in [0.25, 0.3) is 0 Å². The number of carbonyl (C=O) groups is 3. The first-order valence-electron chi connectivity index (χ1n) is 10.4. The molecule has 2 aromatic heterocycles. The molecule has 1 saturated heterocycles. The number of nitrogens with zero attached hydrogens (tertiary/aromatic N) is 2. The maximum Gasteiger partial charge on any atom is 0.273 e. The summed E-state index contributed by atoms with van der Waals surface area (Å²) in [4.78, 5) is 40.5. The van der Waals surface area contributed by atoms with Gasteiger partial charge in [-0.3, -0.25) is 19.3 Å². The Morgan fingerprint density at radius 3 is 2.74 bits per heavy atom. The van der Waals surface area contributed by atoms with Crippen molar-refractivity contribution in [2.75, 3.05) is 23.8 Å². The number of aromatic nitrogens is 1. The number of hydrogen-bond acceptors (Lipinski definition) is 8. The minimum atomic E-state index is -1.13. The number of nitrogen functional groups attached to an aromatic ring is 1. The van der Waals surface area contributed by atoms with Gasteiger partial charge in [0.25, 0.3) is 11.8 Å². The Kier molecular flexibility index (Phi) is 7.20. The van der Waals surface area contributed by atoms with Gasteiger partial charge < -0.3 is 21.5 Å². The highest BCUT2D eigenvalue weighted by molar-refractivity contribution is 7.10. The normalized spacial score (nSPS) is 16.2. The molecule has 2 atom stereocenters. The van der Waals surface area contributed by atoms with Crippen molar-refractivity contribution < 1.29 is 23.5 Å². The lowest BCUT2D eigenvalue weighted by molar-refractivity contribution is -0.122. The van der Waals surface area contributed by atoms with E-state index in [2.05, 4.69) is 9.69 Å². The van der Waals surface area contributed by atoms with Crippen LogP contribution in [-0.4, -0.2) is 41.4 Å². The van der Waals surface area contributed by atoms with Crippen LogP contribution < -0.4 is 21.7 Å². The van der Waals surface area contributed by atoms with Crippen LogP contribution in [0.3, 0.4) is 0 Å². The summed E-state index contributed by atoms with van der Waals surface area (Å²) < 4.78 is 23.7. The van der Waals surface area contributed by atoms with Crippen LogP contribution in [0.5, 0.6) is 0 Å². The molecule has 0 saturated carbocycles. The van der Waals surface area contributed by atoms with E-state index in [-0.39, 0.29) is 34.6 Å². The van der Waals surface area contributed by atoms with E-state index < -0.39 is 29.6 Å². The van der Waals surface area contributed by atoms with Crippen LogP contribution in [0.2, 0.25) is 0 Å². The molecule has 1 fully saturated rings. The van der Waals surface area contributed by atoms with Gasteiger partial charge in [0.15, 0.2) is 11.7 Å². The van der Waals surface area contributed by atoms with Crippen molar-refractivity contribution >= 4 is 52.0 Å². The number of benzene rings is 1. The van der Waals surface area contributed by atoms with Crippen LogP contribution in [-0.2, 0) is 9.53 Å². The minimum Gasteiger partial charge on any atom is -0.395 e. The van der Waals surface area contributed by atoms with Crippen LogP contribution in [0.1, 0.15) is 43.9 Å². The zero-order valence-electron chi connectivity index (χ0n) is 17.9. The summed E-state index contributed by atoms with van der Waals surface area (Å²) in [7, 11) is 0. The summed E-state index contributed by atoms with van der Waals surface area (Å²) in [6.45, 7) is 0.913. The molecule has 0 bridgehead atoms.